The van der Waals surface area contributed by atoms with Gasteiger partial charge >= 0.3 is 0 Å². The lowest BCUT2D eigenvalue weighted by Crippen LogP contribution is -2.57. The molecule has 1 saturated heterocycles. The Morgan fingerprint density at radius 3 is 2.40 bits per heavy atom. The first-order chi connectivity index (χ1) is 18.7. The van der Waals surface area contributed by atoms with Gasteiger partial charge in [-0.3, -0.25) is 4.79 Å². The van der Waals surface area contributed by atoms with E-state index in [0.717, 1.165) is 23.5 Å². The number of fused-ring (bicyclic) bond motifs is 5. The van der Waals surface area contributed by atoms with E-state index in [4.69, 9.17) is 13.9 Å². The molecule has 3 aliphatic carbocycles. The second kappa shape index (κ2) is 10.2. The van der Waals surface area contributed by atoms with E-state index >= 15 is 0 Å². The predicted octanol–water partition coefficient (Wildman–Crippen LogP) is 8.20. The molecule has 0 spiro atoms. The summed E-state index contributed by atoms with van der Waals surface area (Å²) in [5, 5.41) is 0.229. The number of benzene rings is 1. The molecule has 3 fully saturated rings. The van der Waals surface area contributed by atoms with Gasteiger partial charge in [0, 0.05) is 29.2 Å². The van der Waals surface area contributed by atoms with Crippen LogP contribution >= 0.6 is 0 Å². The molecule has 1 heterocycles. The summed E-state index contributed by atoms with van der Waals surface area (Å²) in [6.07, 6.45) is 9.34. The van der Waals surface area contributed by atoms with Crippen LogP contribution in [-0.2, 0) is 15.8 Å². The lowest BCUT2D eigenvalue weighted by atomic mass is 9.47. The third kappa shape index (κ3) is 4.65. The fraction of sp³-hybridized carbons (Fsp3) is 0.735. The summed E-state index contributed by atoms with van der Waals surface area (Å²) in [5.74, 6) is 4.13. The van der Waals surface area contributed by atoms with Crippen molar-refractivity contribution in [2.45, 2.75) is 111 Å². The van der Waals surface area contributed by atoms with Crippen molar-refractivity contribution in [3.63, 3.8) is 0 Å². The topological polar surface area (TPSA) is 48.0 Å². The average Bonchev–Trinajstić information content (AvgIpc) is 3.21. The molecule has 1 amide bonds. The Kier molecular flexibility index (Phi) is 7.56. The summed E-state index contributed by atoms with van der Waals surface area (Å²) in [4.78, 5) is 15.6. The van der Waals surface area contributed by atoms with E-state index in [9.17, 15) is 4.79 Å². The molecule has 1 aromatic carbocycles. The van der Waals surface area contributed by atoms with Gasteiger partial charge in [-0.2, -0.15) is 0 Å². The molecule has 5 nitrogen and oxygen atoms in total. The minimum Gasteiger partial charge on any atom is -0.497 e. The van der Waals surface area contributed by atoms with E-state index in [-0.39, 0.29) is 21.8 Å². The Balaban J connectivity index is 1.45. The van der Waals surface area contributed by atoms with Crippen LogP contribution in [0.4, 0.5) is 0 Å². The minimum absolute atomic E-state index is 0.0183. The first kappa shape index (κ1) is 29.7. The highest BCUT2D eigenvalue weighted by molar-refractivity contribution is 6.74. The summed E-state index contributed by atoms with van der Waals surface area (Å²) in [6.45, 7) is 19.9. The number of nitrogens with zero attached hydrogens (tertiary/aromatic N) is 1. The average molecular weight is 568 g/mol. The highest BCUT2D eigenvalue weighted by Crippen LogP contribution is 2.66. The molecule has 0 unspecified atom stereocenters. The molecule has 4 aliphatic rings. The van der Waals surface area contributed by atoms with Crippen LogP contribution in [0.15, 0.2) is 30.0 Å². The van der Waals surface area contributed by atoms with E-state index in [2.05, 4.69) is 65.6 Å². The van der Waals surface area contributed by atoms with Gasteiger partial charge in [-0.15, -0.1) is 0 Å². The lowest BCUT2D eigenvalue weighted by Gasteiger charge is -2.60. The number of carbonyl (C=O) groups is 1. The molecule has 0 bridgehead atoms. The largest absolute Gasteiger partial charge is 0.497 e. The summed E-state index contributed by atoms with van der Waals surface area (Å²) in [5.41, 5.74) is 2.54. The highest BCUT2D eigenvalue weighted by Gasteiger charge is 2.62. The molecule has 0 radical (unpaired) electrons. The molecular formula is C34H53NO4Si. The monoisotopic (exact) mass is 567 g/mol. The number of hydrogen-bond donors (Lipinski definition) is 0. The van der Waals surface area contributed by atoms with E-state index in [0.29, 0.717) is 42.7 Å². The molecule has 6 heteroatoms. The second-order valence-corrected chi connectivity index (χ2v) is 20.0. The number of amides is 1. The molecule has 2 saturated carbocycles. The van der Waals surface area contributed by atoms with Gasteiger partial charge in [0.15, 0.2) is 8.32 Å². The van der Waals surface area contributed by atoms with Crippen molar-refractivity contribution >= 4 is 14.2 Å². The zero-order chi connectivity index (χ0) is 29.3. The van der Waals surface area contributed by atoms with Gasteiger partial charge in [0.05, 0.1) is 26.9 Å². The van der Waals surface area contributed by atoms with Crippen molar-refractivity contribution in [1.29, 1.82) is 0 Å². The fourth-order valence-corrected chi connectivity index (χ4v) is 10.2. The predicted molar refractivity (Wildman–Crippen MR) is 164 cm³/mol. The molecule has 1 aromatic rings. The number of carbonyl (C=O) groups excluding carboxylic acids is 1. The minimum atomic E-state index is -1.84. The summed E-state index contributed by atoms with van der Waals surface area (Å²) >= 11 is 0. The molecule has 7 atom stereocenters. The van der Waals surface area contributed by atoms with E-state index in [1.165, 1.54) is 31.4 Å². The van der Waals surface area contributed by atoms with Gasteiger partial charge in [-0.1, -0.05) is 47.6 Å². The van der Waals surface area contributed by atoms with E-state index in [1.807, 2.05) is 18.2 Å². The molecule has 0 aromatic heterocycles. The Hall–Kier alpha value is -1.79. The van der Waals surface area contributed by atoms with Gasteiger partial charge in [-0.05, 0) is 91.5 Å². The van der Waals surface area contributed by atoms with Crippen LogP contribution in [0.3, 0.4) is 0 Å². The summed E-state index contributed by atoms with van der Waals surface area (Å²) < 4.78 is 18.3. The molecule has 222 valence electrons. The van der Waals surface area contributed by atoms with Crippen molar-refractivity contribution < 1.29 is 18.7 Å². The van der Waals surface area contributed by atoms with Crippen LogP contribution in [-0.4, -0.2) is 39.4 Å². The quantitative estimate of drug-likeness (QED) is 0.325. The van der Waals surface area contributed by atoms with Gasteiger partial charge in [-0.25, -0.2) is 0 Å². The Morgan fingerprint density at radius 1 is 1.02 bits per heavy atom. The number of allylic oxidation sites excluding steroid dienone is 2. The highest BCUT2D eigenvalue weighted by atomic mass is 28.4. The molecule has 1 aliphatic heterocycles. The Bertz CT molecular complexity index is 1170. The van der Waals surface area contributed by atoms with Crippen LogP contribution in [0.25, 0.3) is 0 Å². The maximum atomic E-state index is 13.5. The van der Waals surface area contributed by atoms with Crippen LogP contribution in [0, 0.1) is 34.5 Å². The molecule has 0 N–H and O–H groups in total. The maximum absolute atomic E-state index is 13.5. The van der Waals surface area contributed by atoms with Crippen molar-refractivity contribution in [2.24, 2.45) is 34.5 Å². The number of ether oxygens (including phenoxy) is 2. The van der Waals surface area contributed by atoms with Crippen molar-refractivity contribution in [2.75, 3.05) is 14.2 Å². The number of likely N-dealkylation sites (tertiary alicyclic amines) is 1. The standard InChI is InChI=1S/C34H53NO4Si/c1-22-19-28-33(5,18-16-30(36)35(28)21-23-11-12-24(37-7)20-27(23)38-8)26-15-17-34(6)25(31(22)26)13-14-29(34)39-40(9,10)32(2,3)4/h11-12,19-20,22,25-26,29,31H,13-18,21H2,1-10H3/t22-,25-,26-,29-,31-,33+,34-/m0/s1. The number of piperidine rings is 1. The smallest absolute Gasteiger partial charge is 0.227 e. The first-order valence-corrected chi connectivity index (χ1v) is 18.5. The van der Waals surface area contributed by atoms with Crippen molar-refractivity contribution in [3.8, 4) is 11.5 Å². The van der Waals surface area contributed by atoms with Crippen LogP contribution < -0.4 is 9.47 Å². The van der Waals surface area contributed by atoms with Crippen molar-refractivity contribution in [1.82, 2.24) is 4.90 Å². The Labute approximate surface area is 244 Å². The maximum Gasteiger partial charge on any atom is 0.227 e. The number of hydrogen-bond acceptors (Lipinski definition) is 4. The molecular weight excluding hydrogens is 514 g/mol. The third-order valence-electron chi connectivity index (χ3n) is 12.2. The van der Waals surface area contributed by atoms with E-state index < -0.39 is 8.32 Å². The van der Waals surface area contributed by atoms with E-state index in [1.54, 1.807) is 14.2 Å². The van der Waals surface area contributed by atoms with Gasteiger partial charge < -0.3 is 18.8 Å². The van der Waals surface area contributed by atoms with Crippen LogP contribution in [0.1, 0.15) is 85.6 Å². The second-order valence-electron chi connectivity index (χ2n) is 15.3. The lowest BCUT2D eigenvalue weighted by molar-refractivity contribution is -0.140. The molecule has 5 rings (SSSR count). The molecule has 40 heavy (non-hydrogen) atoms. The third-order valence-corrected chi connectivity index (χ3v) is 16.7. The SMILES string of the molecule is COc1ccc(CN2C(=O)CC[C@@]3(C)C2=C[C@H](C)[C@H]2[C@@H]4CC[C@H](O[Si](C)(C)C(C)(C)C)[C@@]4(C)CC[C@@H]23)c(OC)c1. The Morgan fingerprint density at radius 2 is 1.75 bits per heavy atom. The normalized spacial score (nSPS) is 36.0. The van der Waals surface area contributed by atoms with Gasteiger partial charge in [0.2, 0.25) is 5.91 Å². The van der Waals surface area contributed by atoms with Crippen molar-refractivity contribution in [3.05, 3.63) is 35.5 Å². The number of rotatable bonds is 6. The van der Waals surface area contributed by atoms with Crippen LogP contribution in [0.2, 0.25) is 18.1 Å². The van der Waals surface area contributed by atoms with Crippen LogP contribution in [0.5, 0.6) is 11.5 Å². The zero-order valence-electron chi connectivity index (χ0n) is 26.7. The first-order valence-electron chi connectivity index (χ1n) is 15.6. The summed E-state index contributed by atoms with van der Waals surface area (Å²) in [6, 6.07) is 5.92. The van der Waals surface area contributed by atoms with Gasteiger partial charge in [0.25, 0.3) is 0 Å². The summed E-state index contributed by atoms with van der Waals surface area (Å²) in [7, 11) is 1.52. The fourth-order valence-electron chi connectivity index (χ4n) is 8.76. The van der Waals surface area contributed by atoms with Gasteiger partial charge in [0.1, 0.15) is 11.5 Å². The zero-order valence-corrected chi connectivity index (χ0v) is 27.7. The number of methoxy groups -OCH3 is 2.